The maximum absolute atomic E-state index is 12.7. The van der Waals surface area contributed by atoms with Gasteiger partial charge in [-0.25, -0.2) is 4.98 Å². The van der Waals surface area contributed by atoms with E-state index >= 15 is 0 Å². The summed E-state index contributed by atoms with van der Waals surface area (Å²) >= 11 is 3.13. The van der Waals surface area contributed by atoms with Crippen molar-refractivity contribution in [3.8, 4) is 10.4 Å². The Balaban J connectivity index is 2.22. The van der Waals surface area contributed by atoms with Gasteiger partial charge >= 0.3 is 5.97 Å². The van der Waals surface area contributed by atoms with Gasteiger partial charge in [-0.2, -0.15) is 0 Å². The molecule has 0 fully saturated rings. The van der Waals surface area contributed by atoms with Crippen LogP contribution in [0.4, 0.5) is 0 Å². The summed E-state index contributed by atoms with van der Waals surface area (Å²) in [5.41, 5.74) is 0.797. The second-order valence-electron chi connectivity index (χ2n) is 4.80. The standard InChI is InChI=1S/C15H14N2O3S2/c1-2-9-12(10-4-3-7-21-10)13-14(22-9)16-8-17(15(13)20)6-5-11(18)19/h3-4,7-8H,2,5-6H2,1H3,(H,18,19). The first kappa shape index (κ1) is 14.9. The first-order chi connectivity index (χ1) is 10.6. The van der Waals surface area contributed by atoms with Gasteiger partial charge in [-0.15, -0.1) is 22.7 Å². The van der Waals surface area contributed by atoms with Gasteiger partial charge in [0.2, 0.25) is 0 Å². The highest BCUT2D eigenvalue weighted by Gasteiger charge is 2.18. The van der Waals surface area contributed by atoms with Crippen LogP contribution < -0.4 is 5.56 Å². The molecule has 3 aromatic rings. The lowest BCUT2D eigenvalue weighted by Gasteiger charge is -2.04. The van der Waals surface area contributed by atoms with E-state index in [1.165, 1.54) is 22.2 Å². The molecule has 22 heavy (non-hydrogen) atoms. The Bertz CT molecular complexity index is 878. The van der Waals surface area contributed by atoms with Crippen molar-refractivity contribution in [3.63, 3.8) is 0 Å². The first-order valence-electron chi connectivity index (χ1n) is 6.88. The average molecular weight is 334 g/mol. The van der Waals surface area contributed by atoms with Crippen molar-refractivity contribution in [2.45, 2.75) is 26.3 Å². The molecule has 0 saturated heterocycles. The number of aliphatic carboxylic acids is 1. The Hall–Kier alpha value is -1.99. The fourth-order valence-electron chi connectivity index (χ4n) is 2.38. The molecule has 0 atom stereocenters. The van der Waals surface area contributed by atoms with E-state index in [4.69, 9.17) is 5.11 Å². The monoisotopic (exact) mass is 334 g/mol. The molecule has 0 saturated carbocycles. The molecule has 0 aliphatic heterocycles. The van der Waals surface area contributed by atoms with E-state index in [-0.39, 0.29) is 18.5 Å². The molecule has 3 rings (SSSR count). The molecule has 0 aliphatic carbocycles. The number of carbonyl (C=O) groups is 1. The van der Waals surface area contributed by atoms with Crippen molar-refractivity contribution in [2.75, 3.05) is 0 Å². The molecule has 3 aromatic heterocycles. The zero-order valence-electron chi connectivity index (χ0n) is 11.9. The molecule has 0 spiro atoms. The van der Waals surface area contributed by atoms with Gasteiger partial charge in [0.25, 0.3) is 5.56 Å². The maximum Gasteiger partial charge on any atom is 0.305 e. The van der Waals surface area contributed by atoms with E-state index < -0.39 is 5.97 Å². The molecule has 1 N–H and O–H groups in total. The van der Waals surface area contributed by atoms with Crippen molar-refractivity contribution < 1.29 is 9.90 Å². The SMILES string of the molecule is CCc1sc2ncn(CCC(=O)O)c(=O)c2c1-c1cccs1. The molecule has 7 heteroatoms. The van der Waals surface area contributed by atoms with Gasteiger partial charge in [-0.05, 0) is 17.9 Å². The summed E-state index contributed by atoms with van der Waals surface area (Å²) in [4.78, 5) is 30.7. The number of hydrogen-bond donors (Lipinski definition) is 1. The molecular formula is C15H14N2O3S2. The molecule has 3 heterocycles. The third kappa shape index (κ3) is 2.57. The number of nitrogens with zero attached hydrogens (tertiary/aromatic N) is 2. The molecule has 5 nitrogen and oxygen atoms in total. The normalized spacial score (nSPS) is 11.1. The topological polar surface area (TPSA) is 72.2 Å². The summed E-state index contributed by atoms with van der Waals surface area (Å²) in [5.74, 6) is -0.926. The van der Waals surface area contributed by atoms with Crippen LogP contribution in [0.5, 0.6) is 0 Å². The Morgan fingerprint density at radius 3 is 2.91 bits per heavy atom. The van der Waals surface area contributed by atoms with Crippen molar-refractivity contribution in [2.24, 2.45) is 0 Å². The Labute approximate surface area is 134 Å². The third-order valence-electron chi connectivity index (χ3n) is 3.41. The van der Waals surface area contributed by atoms with Gasteiger partial charge in [0.15, 0.2) is 0 Å². The van der Waals surface area contributed by atoms with E-state index in [1.54, 1.807) is 11.3 Å². The maximum atomic E-state index is 12.7. The van der Waals surface area contributed by atoms with Gasteiger partial charge in [0.05, 0.1) is 18.1 Å². The number of aryl methyl sites for hydroxylation is 2. The molecular weight excluding hydrogens is 320 g/mol. The average Bonchev–Trinajstić information content (AvgIpc) is 3.13. The molecule has 0 amide bonds. The van der Waals surface area contributed by atoms with Crippen LogP contribution in [0.25, 0.3) is 20.7 Å². The minimum atomic E-state index is -0.926. The minimum Gasteiger partial charge on any atom is -0.481 e. The lowest BCUT2D eigenvalue weighted by atomic mass is 10.1. The van der Waals surface area contributed by atoms with Gasteiger partial charge in [-0.1, -0.05) is 13.0 Å². The molecule has 0 bridgehead atoms. The fourth-order valence-corrected chi connectivity index (χ4v) is 4.33. The van der Waals surface area contributed by atoms with Crippen LogP contribution in [0.1, 0.15) is 18.2 Å². The van der Waals surface area contributed by atoms with Gasteiger partial charge in [-0.3, -0.25) is 14.2 Å². The number of carboxylic acids is 1. The zero-order chi connectivity index (χ0) is 15.7. The lowest BCUT2D eigenvalue weighted by molar-refractivity contribution is -0.137. The predicted molar refractivity (Wildman–Crippen MR) is 88.8 cm³/mol. The fraction of sp³-hybridized carbons (Fsp3) is 0.267. The van der Waals surface area contributed by atoms with Crippen LogP contribution in [0, 0.1) is 0 Å². The minimum absolute atomic E-state index is 0.0911. The summed E-state index contributed by atoms with van der Waals surface area (Å²) in [6, 6.07) is 3.96. The van der Waals surface area contributed by atoms with E-state index in [2.05, 4.69) is 11.9 Å². The Morgan fingerprint density at radius 1 is 1.45 bits per heavy atom. The highest BCUT2D eigenvalue weighted by molar-refractivity contribution is 7.20. The van der Waals surface area contributed by atoms with E-state index in [9.17, 15) is 9.59 Å². The van der Waals surface area contributed by atoms with Gasteiger partial charge < -0.3 is 5.11 Å². The number of thiophene rings is 2. The molecule has 0 unspecified atom stereocenters. The predicted octanol–water partition coefficient (Wildman–Crippen LogP) is 3.22. The second-order valence-corrected chi connectivity index (χ2v) is 6.83. The van der Waals surface area contributed by atoms with Crippen molar-refractivity contribution in [1.82, 2.24) is 9.55 Å². The Kier molecular flexibility index (Phi) is 4.08. The lowest BCUT2D eigenvalue weighted by Crippen LogP contribution is -2.21. The number of fused-ring (bicyclic) bond motifs is 1. The summed E-state index contributed by atoms with van der Waals surface area (Å²) in [6.07, 6.45) is 2.19. The van der Waals surface area contributed by atoms with Crippen LogP contribution in [0.3, 0.4) is 0 Å². The summed E-state index contributed by atoms with van der Waals surface area (Å²) in [7, 11) is 0. The highest BCUT2D eigenvalue weighted by Crippen LogP contribution is 2.38. The molecule has 0 radical (unpaired) electrons. The van der Waals surface area contributed by atoms with Crippen LogP contribution in [0.15, 0.2) is 28.6 Å². The van der Waals surface area contributed by atoms with Crippen LogP contribution in [-0.2, 0) is 17.8 Å². The number of rotatable bonds is 5. The van der Waals surface area contributed by atoms with Crippen molar-refractivity contribution in [1.29, 1.82) is 0 Å². The largest absolute Gasteiger partial charge is 0.481 e. The van der Waals surface area contributed by atoms with Crippen molar-refractivity contribution >= 4 is 38.9 Å². The molecule has 114 valence electrons. The summed E-state index contributed by atoms with van der Waals surface area (Å²) < 4.78 is 1.39. The quantitative estimate of drug-likeness (QED) is 0.777. The zero-order valence-corrected chi connectivity index (χ0v) is 13.5. The number of carboxylic acid groups (broad SMARTS) is 1. The molecule has 0 aromatic carbocycles. The molecule has 0 aliphatic rings. The summed E-state index contributed by atoms with van der Waals surface area (Å²) in [6.45, 7) is 2.20. The highest BCUT2D eigenvalue weighted by atomic mass is 32.1. The number of aromatic nitrogens is 2. The number of hydrogen-bond acceptors (Lipinski definition) is 5. The first-order valence-corrected chi connectivity index (χ1v) is 8.58. The van der Waals surface area contributed by atoms with Crippen molar-refractivity contribution in [3.05, 3.63) is 39.1 Å². The third-order valence-corrected chi connectivity index (χ3v) is 5.54. The van der Waals surface area contributed by atoms with Gasteiger partial charge in [0.1, 0.15) is 4.83 Å². The summed E-state index contributed by atoms with van der Waals surface area (Å²) in [5, 5.41) is 11.4. The van der Waals surface area contributed by atoms with Gasteiger partial charge in [0, 0.05) is 21.9 Å². The van der Waals surface area contributed by atoms with E-state index in [0.717, 1.165) is 26.6 Å². The Morgan fingerprint density at radius 2 is 2.27 bits per heavy atom. The van der Waals surface area contributed by atoms with E-state index in [1.807, 2.05) is 17.5 Å². The second kappa shape index (κ2) is 6.02. The van der Waals surface area contributed by atoms with E-state index in [0.29, 0.717) is 5.39 Å². The van der Waals surface area contributed by atoms with Crippen LogP contribution in [-0.4, -0.2) is 20.6 Å². The van der Waals surface area contributed by atoms with Crippen LogP contribution >= 0.6 is 22.7 Å². The smallest absolute Gasteiger partial charge is 0.305 e. The van der Waals surface area contributed by atoms with Crippen LogP contribution in [0.2, 0.25) is 0 Å².